The molecule has 0 aliphatic carbocycles. The summed E-state index contributed by atoms with van der Waals surface area (Å²) in [5.74, 6) is -1.07. The molecule has 0 N–H and O–H groups in total. The minimum Gasteiger partial charge on any atom is -0.493 e. The number of hydrogen-bond acceptors (Lipinski definition) is 9. The van der Waals surface area contributed by atoms with Gasteiger partial charge in [-0.15, -0.1) is 0 Å². The van der Waals surface area contributed by atoms with Gasteiger partial charge < -0.3 is 18.9 Å². The van der Waals surface area contributed by atoms with Crippen molar-refractivity contribution in [3.63, 3.8) is 0 Å². The van der Waals surface area contributed by atoms with Crippen molar-refractivity contribution in [2.45, 2.75) is 26.9 Å². The van der Waals surface area contributed by atoms with Gasteiger partial charge in [-0.1, -0.05) is 6.07 Å². The standard InChI is InChI=1S/C20H23NO8S/c1-5-27-18(23)11-28-14-7-6-13(8-15(14)26-4)9-16-19(24)21(20(25)30-16)10-17(22)29-12(2)3/h6-9,12H,5,10-11H2,1-4H3/b16-9-. The number of carbonyl (C=O) groups excluding carboxylic acids is 4. The Balaban J connectivity index is 2.12. The van der Waals surface area contributed by atoms with E-state index in [4.69, 9.17) is 18.9 Å². The Morgan fingerprint density at radius 1 is 1.17 bits per heavy atom. The van der Waals surface area contributed by atoms with Crippen molar-refractivity contribution in [1.29, 1.82) is 0 Å². The number of carbonyl (C=O) groups is 4. The zero-order valence-corrected chi connectivity index (χ0v) is 17.9. The van der Waals surface area contributed by atoms with Crippen LogP contribution in [0.5, 0.6) is 11.5 Å². The summed E-state index contributed by atoms with van der Waals surface area (Å²) in [5, 5.41) is -0.548. The Kier molecular flexibility index (Phi) is 8.28. The lowest BCUT2D eigenvalue weighted by Crippen LogP contribution is -2.35. The maximum Gasteiger partial charge on any atom is 0.344 e. The van der Waals surface area contributed by atoms with Crippen LogP contribution in [-0.2, 0) is 23.9 Å². The number of hydrogen-bond donors (Lipinski definition) is 0. The predicted octanol–water partition coefficient (Wildman–Crippen LogP) is 2.63. The molecule has 0 atom stereocenters. The molecule has 1 saturated heterocycles. The molecule has 1 aliphatic rings. The lowest BCUT2D eigenvalue weighted by atomic mass is 10.2. The van der Waals surface area contributed by atoms with Crippen LogP contribution in [0.2, 0.25) is 0 Å². The first-order valence-corrected chi connectivity index (χ1v) is 9.98. The summed E-state index contributed by atoms with van der Waals surface area (Å²) in [7, 11) is 1.44. The summed E-state index contributed by atoms with van der Waals surface area (Å²) in [5.41, 5.74) is 0.575. The zero-order valence-electron chi connectivity index (χ0n) is 17.1. The zero-order chi connectivity index (χ0) is 22.3. The van der Waals surface area contributed by atoms with E-state index in [1.165, 1.54) is 13.2 Å². The first-order chi connectivity index (χ1) is 14.2. The number of thioether (sulfide) groups is 1. The van der Waals surface area contributed by atoms with E-state index in [2.05, 4.69) is 0 Å². The van der Waals surface area contributed by atoms with Crippen molar-refractivity contribution < 1.29 is 38.1 Å². The number of methoxy groups -OCH3 is 1. The Labute approximate surface area is 178 Å². The molecule has 30 heavy (non-hydrogen) atoms. The highest BCUT2D eigenvalue weighted by Crippen LogP contribution is 2.34. The molecule has 0 bridgehead atoms. The van der Waals surface area contributed by atoms with Gasteiger partial charge >= 0.3 is 11.9 Å². The minimum absolute atomic E-state index is 0.166. The van der Waals surface area contributed by atoms with Crippen LogP contribution in [0.4, 0.5) is 4.79 Å². The van der Waals surface area contributed by atoms with Gasteiger partial charge in [0.2, 0.25) is 0 Å². The Morgan fingerprint density at radius 2 is 1.90 bits per heavy atom. The largest absolute Gasteiger partial charge is 0.493 e. The maximum absolute atomic E-state index is 12.5. The van der Waals surface area contributed by atoms with Crippen molar-refractivity contribution in [2.24, 2.45) is 0 Å². The number of esters is 2. The molecular formula is C20H23NO8S. The highest BCUT2D eigenvalue weighted by atomic mass is 32.2. The van der Waals surface area contributed by atoms with E-state index >= 15 is 0 Å². The smallest absolute Gasteiger partial charge is 0.344 e. The Bertz CT molecular complexity index is 864. The van der Waals surface area contributed by atoms with Crippen LogP contribution >= 0.6 is 11.8 Å². The normalized spacial score (nSPS) is 15.0. The van der Waals surface area contributed by atoms with Gasteiger partial charge in [0.1, 0.15) is 6.54 Å². The molecule has 0 saturated carbocycles. The van der Waals surface area contributed by atoms with Crippen LogP contribution in [0.15, 0.2) is 23.1 Å². The molecule has 1 aliphatic heterocycles. The minimum atomic E-state index is -0.654. The number of imide groups is 1. The monoisotopic (exact) mass is 437 g/mol. The van der Waals surface area contributed by atoms with Crippen molar-refractivity contribution in [1.82, 2.24) is 4.90 Å². The second-order valence-electron chi connectivity index (χ2n) is 6.31. The van der Waals surface area contributed by atoms with Crippen LogP contribution in [0.25, 0.3) is 6.08 Å². The molecule has 2 rings (SSSR count). The third-order valence-electron chi connectivity index (χ3n) is 3.66. The second kappa shape index (κ2) is 10.7. The average molecular weight is 437 g/mol. The number of amides is 2. The van der Waals surface area contributed by atoms with Gasteiger partial charge in [-0.3, -0.25) is 19.3 Å². The highest BCUT2D eigenvalue weighted by Gasteiger charge is 2.36. The molecule has 0 unspecified atom stereocenters. The van der Waals surface area contributed by atoms with Crippen LogP contribution < -0.4 is 9.47 Å². The predicted molar refractivity (Wildman–Crippen MR) is 109 cm³/mol. The number of benzene rings is 1. The molecule has 0 radical (unpaired) electrons. The molecule has 162 valence electrons. The quantitative estimate of drug-likeness (QED) is 0.425. The molecule has 2 amide bonds. The molecule has 1 heterocycles. The molecule has 1 aromatic rings. The van der Waals surface area contributed by atoms with E-state index in [0.717, 1.165) is 16.7 Å². The van der Waals surface area contributed by atoms with Crippen LogP contribution in [-0.4, -0.2) is 61.0 Å². The van der Waals surface area contributed by atoms with Gasteiger partial charge in [-0.2, -0.15) is 0 Å². The summed E-state index contributed by atoms with van der Waals surface area (Å²) >= 11 is 0.732. The highest BCUT2D eigenvalue weighted by molar-refractivity contribution is 8.18. The fraction of sp³-hybridized carbons (Fsp3) is 0.400. The molecule has 9 nitrogen and oxygen atoms in total. The fourth-order valence-electron chi connectivity index (χ4n) is 2.45. The maximum atomic E-state index is 12.5. The number of rotatable bonds is 9. The van der Waals surface area contributed by atoms with Crippen LogP contribution in [0.3, 0.4) is 0 Å². The SMILES string of the molecule is CCOC(=O)COc1ccc(/C=C2\SC(=O)N(CC(=O)OC(C)C)C2=O)cc1OC. The lowest BCUT2D eigenvalue weighted by Gasteiger charge is -2.13. The van der Waals surface area contributed by atoms with E-state index in [0.29, 0.717) is 17.1 Å². The molecule has 10 heteroatoms. The van der Waals surface area contributed by atoms with Crippen LogP contribution in [0, 0.1) is 0 Å². The summed E-state index contributed by atoms with van der Waals surface area (Å²) in [6, 6.07) is 4.82. The summed E-state index contributed by atoms with van der Waals surface area (Å²) < 4.78 is 20.4. The van der Waals surface area contributed by atoms with Gasteiger partial charge in [-0.05, 0) is 56.3 Å². The van der Waals surface area contributed by atoms with Crippen molar-refractivity contribution in [3.8, 4) is 11.5 Å². The van der Waals surface area contributed by atoms with Gasteiger partial charge in [0.25, 0.3) is 11.1 Å². The average Bonchev–Trinajstić information content (AvgIpc) is 2.93. The van der Waals surface area contributed by atoms with Crippen LogP contribution in [0.1, 0.15) is 26.3 Å². The number of ether oxygens (including phenoxy) is 4. The molecule has 1 aromatic carbocycles. The lowest BCUT2D eigenvalue weighted by molar-refractivity contribution is -0.149. The van der Waals surface area contributed by atoms with E-state index < -0.39 is 29.6 Å². The molecule has 0 spiro atoms. The van der Waals surface area contributed by atoms with Crippen molar-refractivity contribution in [2.75, 3.05) is 26.9 Å². The molecule has 1 fully saturated rings. The van der Waals surface area contributed by atoms with Crippen molar-refractivity contribution >= 4 is 40.9 Å². The molecular weight excluding hydrogens is 414 g/mol. The van der Waals surface area contributed by atoms with E-state index in [-0.39, 0.29) is 24.2 Å². The summed E-state index contributed by atoms with van der Waals surface area (Å²) in [6.45, 7) is 4.60. The topological polar surface area (TPSA) is 108 Å². The number of nitrogens with zero attached hydrogens (tertiary/aromatic N) is 1. The van der Waals surface area contributed by atoms with E-state index in [9.17, 15) is 19.2 Å². The Hall–Kier alpha value is -3.01. The van der Waals surface area contributed by atoms with E-state index in [1.807, 2.05) is 0 Å². The third kappa shape index (κ3) is 6.24. The third-order valence-corrected chi connectivity index (χ3v) is 4.57. The summed E-state index contributed by atoms with van der Waals surface area (Å²) in [6.07, 6.45) is 1.17. The first kappa shape index (κ1) is 23.3. The van der Waals surface area contributed by atoms with Gasteiger partial charge in [0, 0.05) is 0 Å². The summed E-state index contributed by atoms with van der Waals surface area (Å²) in [4.78, 5) is 48.8. The molecule has 0 aromatic heterocycles. The van der Waals surface area contributed by atoms with Gasteiger partial charge in [0.05, 0.1) is 24.7 Å². The Morgan fingerprint density at radius 3 is 2.53 bits per heavy atom. The van der Waals surface area contributed by atoms with E-state index in [1.54, 1.807) is 39.0 Å². The van der Waals surface area contributed by atoms with Crippen molar-refractivity contribution in [3.05, 3.63) is 28.7 Å². The first-order valence-electron chi connectivity index (χ1n) is 9.16. The second-order valence-corrected chi connectivity index (χ2v) is 7.30. The fourth-order valence-corrected chi connectivity index (χ4v) is 3.29. The van der Waals surface area contributed by atoms with Gasteiger partial charge in [-0.25, -0.2) is 4.79 Å². The van der Waals surface area contributed by atoms with Gasteiger partial charge in [0.15, 0.2) is 18.1 Å².